The fraction of sp³-hybridized carbons (Fsp3) is 0.267. The Bertz CT molecular complexity index is 758. The zero-order valence-electron chi connectivity index (χ0n) is 13.1. The van der Waals surface area contributed by atoms with Crippen molar-refractivity contribution in [2.75, 3.05) is 5.32 Å². The van der Waals surface area contributed by atoms with Gasteiger partial charge in [0, 0.05) is 43.4 Å². The van der Waals surface area contributed by atoms with E-state index in [-0.39, 0.29) is 22.5 Å². The van der Waals surface area contributed by atoms with Crippen molar-refractivity contribution in [1.29, 1.82) is 0 Å². The molecule has 0 spiro atoms. The number of benzene rings is 1. The van der Waals surface area contributed by atoms with Crippen molar-refractivity contribution in [3.05, 3.63) is 45.6 Å². The summed E-state index contributed by atoms with van der Waals surface area (Å²) in [6.07, 6.45) is 1.04. The molecule has 0 atom stereocenters. The fourth-order valence-electron chi connectivity index (χ4n) is 1.99. The van der Waals surface area contributed by atoms with Gasteiger partial charge < -0.3 is 14.8 Å². The Balaban J connectivity index is 2.31. The third kappa shape index (κ3) is 3.57. The number of rotatable bonds is 4. The van der Waals surface area contributed by atoms with Crippen LogP contribution in [0.25, 0.3) is 0 Å². The fourth-order valence-corrected chi connectivity index (χ4v) is 1.99. The smallest absolute Gasteiger partial charge is 0.350 e. The molecule has 24 heavy (non-hydrogen) atoms. The quantitative estimate of drug-likeness (QED) is 0.221. The molecule has 1 fully saturated rings. The average Bonchev–Trinajstić information content (AvgIpc) is 2.44. The number of ketones is 1. The van der Waals surface area contributed by atoms with Gasteiger partial charge in [-0.1, -0.05) is 0 Å². The van der Waals surface area contributed by atoms with Crippen LogP contribution < -0.4 is 5.32 Å². The van der Waals surface area contributed by atoms with Crippen molar-refractivity contribution in [3.8, 4) is 0 Å². The van der Waals surface area contributed by atoms with Crippen LogP contribution in [-0.2, 0) is 19.1 Å². The summed E-state index contributed by atoms with van der Waals surface area (Å²) < 4.78 is 9.85. The minimum atomic E-state index is -1.36. The molecule has 0 aliphatic carbocycles. The van der Waals surface area contributed by atoms with Gasteiger partial charge in [0.1, 0.15) is 0 Å². The van der Waals surface area contributed by atoms with E-state index < -0.39 is 28.4 Å². The van der Waals surface area contributed by atoms with Gasteiger partial charge in [0.25, 0.3) is 11.5 Å². The number of hydrogen-bond acceptors (Lipinski definition) is 8. The lowest BCUT2D eigenvalue weighted by Crippen LogP contribution is -2.42. The number of carbonyl (C=O) groups excluding carboxylic acids is 3. The van der Waals surface area contributed by atoms with E-state index in [2.05, 4.69) is 5.32 Å². The van der Waals surface area contributed by atoms with Crippen LogP contribution in [0.5, 0.6) is 0 Å². The maximum absolute atomic E-state index is 11.8. The van der Waals surface area contributed by atoms with Crippen molar-refractivity contribution >= 4 is 29.1 Å². The van der Waals surface area contributed by atoms with E-state index in [1.807, 2.05) is 0 Å². The van der Waals surface area contributed by atoms with Gasteiger partial charge in [-0.05, 0) is 13.0 Å². The highest BCUT2D eigenvalue weighted by atomic mass is 16.7. The normalized spacial score (nSPS) is 16.0. The molecule has 1 saturated heterocycles. The highest BCUT2D eigenvalue weighted by Crippen LogP contribution is 2.25. The Morgan fingerprint density at radius 1 is 1.25 bits per heavy atom. The summed E-state index contributed by atoms with van der Waals surface area (Å²) in [6, 6.07) is 3.59. The summed E-state index contributed by atoms with van der Waals surface area (Å²) in [6.45, 7) is 4.07. The number of nitro groups is 1. The topological polar surface area (TPSA) is 125 Å². The molecule has 0 saturated carbocycles. The van der Waals surface area contributed by atoms with Crippen molar-refractivity contribution in [3.63, 3.8) is 0 Å². The number of Topliss-reactive ketones (excluding diaryl/α,β-unsaturated/α-hetero) is 1. The molecule has 1 aromatic rings. The van der Waals surface area contributed by atoms with Crippen LogP contribution in [0.1, 0.15) is 31.1 Å². The van der Waals surface area contributed by atoms with Gasteiger partial charge in [-0.2, -0.15) is 0 Å². The number of esters is 2. The zero-order chi connectivity index (χ0) is 18.1. The van der Waals surface area contributed by atoms with Crippen LogP contribution in [0.3, 0.4) is 0 Å². The number of nitrogens with zero attached hydrogens (tertiary/aromatic N) is 1. The van der Waals surface area contributed by atoms with Crippen LogP contribution in [-0.4, -0.2) is 28.4 Å². The van der Waals surface area contributed by atoms with Gasteiger partial charge in [0.05, 0.1) is 4.92 Å². The molecule has 1 heterocycles. The standard InChI is InChI=1S/C15H14N2O7/c1-8(18)10-6-9(17(21)22)4-5-12(10)16-7-11-13(19)23-15(2,3)24-14(11)20/h4-7,16H,1-3H3. The molecular formula is C15H14N2O7. The molecule has 1 aliphatic rings. The molecule has 1 N–H and O–H groups in total. The number of ether oxygens (including phenoxy) is 2. The number of cyclic esters (lactones) is 2. The van der Waals surface area contributed by atoms with Crippen LogP contribution in [0.15, 0.2) is 30.0 Å². The first-order valence-electron chi connectivity index (χ1n) is 6.83. The summed E-state index contributed by atoms with van der Waals surface area (Å²) in [5, 5.41) is 13.4. The summed E-state index contributed by atoms with van der Waals surface area (Å²) in [4.78, 5) is 45.4. The summed E-state index contributed by atoms with van der Waals surface area (Å²) in [7, 11) is 0. The number of non-ortho nitro benzene ring substituents is 1. The summed E-state index contributed by atoms with van der Waals surface area (Å²) in [5.74, 6) is -3.54. The number of nitro benzene ring substituents is 1. The minimum absolute atomic E-state index is 0.0407. The third-order valence-corrected chi connectivity index (χ3v) is 3.08. The van der Waals surface area contributed by atoms with E-state index in [1.54, 1.807) is 0 Å². The van der Waals surface area contributed by atoms with Gasteiger partial charge in [-0.25, -0.2) is 9.59 Å². The SMILES string of the molecule is CC(=O)c1cc([N+](=O)[O-])ccc1NC=C1C(=O)OC(C)(C)OC1=O. The van der Waals surface area contributed by atoms with Crippen LogP contribution in [0.4, 0.5) is 11.4 Å². The van der Waals surface area contributed by atoms with Crippen LogP contribution in [0, 0.1) is 10.1 Å². The number of anilines is 1. The highest BCUT2D eigenvalue weighted by Gasteiger charge is 2.39. The number of carbonyl (C=O) groups is 3. The lowest BCUT2D eigenvalue weighted by atomic mass is 10.1. The third-order valence-electron chi connectivity index (χ3n) is 3.08. The average molecular weight is 334 g/mol. The Morgan fingerprint density at radius 3 is 2.33 bits per heavy atom. The van der Waals surface area contributed by atoms with E-state index in [0.29, 0.717) is 0 Å². The molecule has 9 heteroatoms. The van der Waals surface area contributed by atoms with Gasteiger partial charge >= 0.3 is 11.9 Å². The first-order chi connectivity index (χ1) is 11.1. The second-order valence-electron chi connectivity index (χ2n) is 5.42. The molecular weight excluding hydrogens is 320 g/mol. The van der Waals surface area contributed by atoms with Gasteiger partial charge in [-0.3, -0.25) is 14.9 Å². The Morgan fingerprint density at radius 2 is 1.83 bits per heavy atom. The second kappa shape index (κ2) is 6.11. The highest BCUT2D eigenvalue weighted by molar-refractivity contribution is 6.15. The Hall–Kier alpha value is -3.23. The maximum Gasteiger partial charge on any atom is 0.350 e. The van der Waals surface area contributed by atoms with Crippen molar-refractivity contribution in [2.24, 2.45) is 0 Å². The summed E-state index contributed by atoms with van der Waals surface area (Å²) >= 11 is 0. The molecule has 1 aromatic carbocycles. The molecule has 0 amide bonds. The monoisotopic (exact) mass is 334 g/mol. The van der Waals surface area contributed by atoms with E-state index in [1.165, 1.54) is 32.9 Å². The first-order valence-corrected chi connectivity index (χ1v) is 6.83. The van der Waals surface area contributed by atoms with Crippen molar-refractivity contribution in [2.45, 2.75) is 26.6 Å². The number of hydrogen-bond donors (Lipinski definition) is 1. The molecule has 1 aliphatic heterocycles. The van der Waals surface area contributed by atoms with E-state index in [9.17, 15) is 24.5 Å². The Labute approximate surface area is 136 Å². The summed E-state index contributed by atoms with van der Waals surface area (Å²) in [5.41, 5.74) is -0.399. The molecule has 0 bridgehead atoms. The molecule has 0 aromatic heterocycles. The lowest BCUT2D eigenvalue weighted by Gasteiger charge is -2.29. The maximum atomic E-state index is 11.8. The largest absolute Gasteiger partial charge is 0.419 e. The first kappa shape index (κ1) is 17.1. The number of nitrogens with one attached hydrogen (secondary N) is 1. The van der Waals surface area contributed by atoms with E-state index in [0.717, 1.165) is 12.3 Å². The molecule has 126 valence electrons. The van der Waals surface area contributed by atoms with Crippen LogP contribution in [0.2, 0.25) is 0 Å². The van der Waals surface area contributed by atoms with Gasteiger partial charge in [-0.15, -0.1) is 0 Å². The predicted octanol–water partition coefficient (Wildman–Crippen LogP) is 1.93. The Kier molecular flexibility index (Phi) is 4.36. The predicted molar refractivity (Wildman–Crippen MR) is 81.1 cm³/mol. The van der Waals surface area contributed by atoms with Crippen molar-refractivity contribution < 1.29 is 28.8 Å². The zero-order valence-corrected chi connectivity index (χ0v) is 13.1. The van der Waals surface area contributed by atoms with Gasteiger partial charge in [0.15, 0.2) is 11.4 Å². The molecule has 2 rings (SSSR count). The van der Waals surface area contributed by atoms with Crippen LogP contribution >= 0.6 is 0 Å². The van der Waals surface area contributed by atoms with Gasteiger partial charge in [0.2, 0.25) is 0 Å². The minimum Gasteiger partial charge on any atom is -0.419 e. The molecule has 9 nitrogen and oxygen atoms in total. The van der Waals surface area contributed by atoms with E-state index >= 15 is 0 Å². The van der Waals surface area contributed by atoms with Crippen molar-refractivity contribution in [1.82, 2.24) is 0 Å². The molecule has 0 unspecified atom stereocenters. The lowest BCUT2D eigenvalue weighted by molar-refractivity contribution is -0.384. The second-order valence-corrected chi connectivity index (χ2v) is 5.42. The molecule has 0 radical (unpaired) electrons. The van der Waals surface area contributed by atoms with E-state index in [4.69, 9.17) is 9.47 Å².